The molecule has 0 aromatic carbocycles. The summed E-state index contributed by atoms with van der Waals surface area (Å²) < 4.78 is 30.7. The van der Waals surface area contributed by atoms with Crippen molar-refractivity contribution in [3.8, 4) is 0 Å². The lowest BCUT2D eigenvalue weighted by molar-refractivity contribution is -0.160. The summed E-state index contributed by atoms with van der Waals surface area (Å²) in [5.74, 6) is -1.05. The summed E-state index contributed by atoms with van der Waals surface area (Å²) in [6, 6.07) is 0. The number of phosphoric ester groups is 1. The second-order valence-corrected chi connectivity index (χ2v) is 6.56. The van der Waals surface area contributed by atoms with Crippen LogP contribution in [-0.4, -0.2) is 49.3 Å². The number of nitrogens with two attached hydrogens (primary N) is 1. The maximum absolute atomic E-state index is 11.8. The molecule has 0 saturated carbocycles. The third kappa shape index (κ3) is 13.4. The zero-order chi connectivity index (χ0) is 18.4. The Morgan fingerprint density at radius 1 is 1.17 bits per heavy atom. The van der Waals surface area contributed by atoms with Gasteiger partial charge in [0.1, 0.15) is 6.61 Å². The molecule has 2 atom stereocenters. The van der Waals surface area contributed by atoms with Crippen molar-refractivity contribution in [2.24, 2.45) is 5.73 Å². The molecule has 24 heavy (non-hydrogen) atoms. The first-order chi connectivity index (χ1) is 11.3. The maximum Gasteiger partial charge on any atom is 0.472 e. The molecule has 3 N–H and O–H groups in total. The smallest absolute Gasteiger partial charge is 0.462 e. The van der Waals surface area contributed by atoms with E-state index in [0.717, 1.165) is 19.3 Å². The van der Waals surface area contributed by atoms with Gasteiger partial charge in [-0.2, -0.15) is 0 Å². The predicted molar refractivity (Wildman–Crippen MR) is 86.1 cm³/mol. The highest BCUT2D eigenvalue weighted by molar-refractivity contribution is 7.47. The summed E-state index contributed by atoms with van der Waals surface area (Å²) in [5.41, 5.74) is 5.17. The van der Waals surface area contributed by atoms with Crippen molar-refractivity contribution in [2.75, 3.05) is 26.4 Å². The predicted octanol–water partition coefficient (Wildman–Crippen LogP) is 1.52. The summed E-state index contributed by atoms with van der Waals surface area (Å²) in [6.07, 6.45) is 2.90. The van der Waals surface area contributed by atoms with Gasteiger partial charge in [-0.3, -0.25) is 18.6 Å². The summed E-state index contributed by atoms with van der Waals surface area (Å²) in [4.78, 5) is 32.0. The van der Waals surface area contributed by atoms with Gasteiger partial charge in [0.05, 0.1) is 13.2 Å². The Bertz CT molecular complexity index is 418. The Labute approximate surface area is 142 Å². The van der Waals surface area contributed by atoms with E-state index in [0.29, 0.717) is 6.42 Å². The van der Waals surface area contributed by atoms with Crippen molar-refractivity contribution < 1.29 is 37.6 Å². The van der Waals surface area contributed by atoms with Crippen LogP contribution in [0, 0.1) is 0 Å². The Balaban J connectivity index is 4.38. The Kier molecular flexibility index (Phi) is 12.8. The van der Waals surface area contributed by atoms with Crippen LogP contribution in [0.15, 0.2) is 0 Å². The second-order valence-electron chi connectivity index (χ2n) is 5.11. The van der Waals surface area contributed by atoms with Crippen molar-refractivity contribution in [3.05, 3.63) is 0 Å². The van der Waals surface area contributed by atoms with Crippen LogP contribution in [0.2, 0.25) is 0 Å². The van der Waals surface area contributed by atoms with Gasteiger partial charge in [0.25, 0.3) is 0 Å². The first-order valence-electron chi connectivity index (χ1n) is 7.95. The van der Waals surface area contributed by atoms with E-state index in [-0.39, 0.29) is 26.2 Å². The normalized spacial score (nSPS) is 14.7. The van der Waals surface area contributed by atoms with E-state index in [4.69, 9.17) is 19.7 Å². The molecule has 142 valence electrons. The van der Waals surface area contributed by atoms with E-state index in [2.05, 4.69) is 11.4 Å². The van der Waals surface area contributed by atoms with Gasteiger partial charge in [0.2, 0.25) is 0 Å². The van der Waals surface area contributed by atoms with Crippen LogP contribution in [0.4, 0.5) is 0 Å². The van der Waals surface area contributed by atoms with Gasteiger partial charge in [-0.05, 0) is 6.42 Å². The highest BCUT2D eigenvalue weighted by Crippen LogP contribution is 2.43. The number of carbonyl (C=O) groups excluding carboxylic acids is 2. The molecule has 0 fully saturated rings. The molecule has 0 rings (SSSR count). The quantitative estimate of drug-likeness (QED) is 0.265. The van der Waals surface area contributed by atoms with Crippen LogP contribution < -0.4 is 5.73 Å². The molecule has 0 aromatic rings. The number of esters is 2. The minimum atomic E-state index is -4.30. The lowest BCUT2D eigenvalue weighted by Crippen LogP contribution is -2.29. The molecule has 0 bridgehead atoms. The van der Waals surface area contributed by atoms with E-state index in [9.17, 15) is 19.0 Å². The molecule has 0 aliphatic heterocycles. The lowest BCUT2D eigenvalue weighted by atomic mass is 10.1. The zero-order valence-corrected chi connectivity index (χ0v) is 15.2. The monoisotopic (exact) mass is 369 g/mol. The van der Waals surface area contributed by atoms with Crippen LogP contribution in [0.1, 0.15) is 46.0 Å². The summed E-state index contributed by atoms with van der Waals surface area (Å²) in [6.45, 7) is 2.45. The average Bonchev–Trinajstić information content (AvgIpc) is 2.52. The van der Waals surface area contributed by atoms with E-state index in [1.165, 1.54) is 6.92 Å². The van der Waals surface area contributed by atoms with Crippen molar-refractivity contribution in [1.82, 2.24) is 0 Å². The molecular formula is C14H28NO8P. The van der Waals surface area contributed by atoms with Gasteiger partial charge in [-0.1, -0.05) is 26.2 Å². The van der Waals surface area contributed by atoms with Crippen molar-refractivity contribution >= 4 is 19.8 Å². The molecule has 0 radical (unpaired) electrons. The average molecular weight is 369 g/mol. The highest BCUT2D eigenvalue weighted by Gasteiger charge is 2.25. The Morgan fingerprint density at radius 2 is 1.88 bits per heavy atom. The largest absolute Gasteiger partial charge is 0.472 e. The molecule has 10 heteroatoms. The van der Waals surface area contributed by atoms with Gasteiger partial charge in [0.15, 0.2) is 6.10 Å². The standard InChI is InChI=1S/C14H28NO8P/c1-3-4-5-6-7-14(17)23-13(10-20-12(2)16)11-22-24(18,19)21-9-8-15/h13H,3-11,15H2,1-2H3,(H,18,19)/t13-/m1/s1. The summed E-state index contributed by atoms with van der Waals surface area (Å²) in [5, 5.41) is 0. The van der Waals surface area contributed by atoms with Crippen LogP contribution in [0.25, 0.3) is 0 Å². The fraction of sp³-hybridized carbons (Fsp3) is 0.857. The molecule has 0 aliphatic carbocycles. The van der Waals surface area contributed by atoms with Gasteiger partial charge >= 0.3 is 19.8 Å². The first-order valence-corrected chi connectivity index (χ1v) is 9.45. The molecule has 9 nitrogen and oxygen atoms in total. The Hall–Kier alpha value is -0.990. The molecule has 1 unspecified atom stereocenters. The molecule has 0 aromatic heterocycles. The van der Waals surface area contributed by atoms with E-state index < -0.39 is 32.5 Å². The molecule has 0 aliphatic rings. The third-order valence-corrected chi connectivity index (χ3v) is 3.79. The van der Waals surface area contributed by atoms with Gasteiger partial charge < -0.3 is 20.1 Å². The Morgan fingerprint density at radius 3 is 2.46 bits per heavy atom. The van der Waals surface area contributed by atoms with Crippen LogP contribution >= 0.6 is 7.82 Å². The minimum absolute atomic E-state index is 0.0531. The summed E-state index contributed by atoms with van der Waals surface area (Å²) >= 11 is 0. The number of ether oxygens (including phenoxy) is 2. The van der Waals surface area contributed by atoms with Gasteiger partial charge in [0, 0.05) is 19.9 Å². The zero-order valence-electron chi connectivity index (χ0n) is 14.3. The van der Waals surface area contributed by atoms with Crippen molar-refractivity contribution in [3.63, 3.8) is 0 Å². The first kappa shape index (κ1) is 23.0. The number of hydrogen-bond donors (Lipinski definition) is 2. The van der Waals surface area contributed by atoms with Crippen molar-refractivity contribution in [2.45, 2.75) is 52.1 Å². The van der Waals surface area contributed by atoms with Crippen LogP contribution in [0.5, 0.6) is 0 Å². The van der Waals surface area contributed by atoms with E-state index >= 15 is 0 Å². The number of unbranched alkanes of at least 4 members (excludes halogenated alkanes) is 3. The molecular weight excluding hydrogens is 341 g/mol. The van der Waals surface area contributed by atoms with Crippen LogP contribution in [-0.2, 0) is 32.7 Å². The number of hydrogen-bond acceptors (Lipinski definition) is 8. The number of carbonyl (C=O) groups is 2. The fourth-order valence-corrected chi connectivity index (χ4v) is 2.42. The second kappa shape index (κ2) is 13.3. The lowest BCUT2D eigenvalue weighted by Gasteiger charge is -2.19. The minimum Gasteiger partial charge on any atom is -0.462 e. The SMILES string of the molecule is CCCCCCC(=O)O[C@H](COC(C)=O)COP(=O)(O)OCCN. The molecule has 0 heterocycles. The van der Waals surface area contributed by atoms with E-state index in [1.54, 1.807) is 0 Å². The number of rotatable bonds is 14. The maximum atomic E-state index is 11.8. The molecule has 0 saturated heterocycles. The molecule has 0 amide bonds. The topological polar surface area (TPSA) is 134 Å². The number of phosphoric acid groups is 1. The highest BCUT2D eigenvalue weighted by atomic mass is 31.2. The fourth-order valence-electron chi connectivity index (χ4n) is 1.65. The third-order valence-electron chi connectivity index (χ3n) is 2.80. The van der Waals surface area contributed by atoms with E-state index in [1.807, 2.05) is 0 Å². The molecule has 0 spiro atoms. The van der Waals surface area contributed by atoms with Crippen molar-refractivity contribution in [1.29, 1.82) is 0 Å². The van der Waals surface area contributed by atoms with Gasteiger partial charge in [-0.15, -0.1) is 0 Å². The van der Waals surface area contributed by atoms with Crippen LogP contribution in [0.3, 0.4) is 0 Å². The summed E-state index contributed by atoms with van der Waals surface area (Å²) in [7, 11) is -4.30. The van der Waals surface area contributed by atoms with Gasteiger partial charge in [-0.25, -0.2) is 4.57 Å².